The van der Waals surface area contributed by atoms with Crippen LogP contribution in [0, 0.1) is 56.7 Å². The van der Waals surface area contributed by atoms with Gasteiger partial charge in [-0.25, -0.2) is 0 Å². The maximum Gasteiger partial charge on any atom is 0.417 e. The summed E-state index contributed by atoms with van der Waals surface area (Å²) in [5.41, 5.74) is 2.29. The van der Waals surface area contributed by atoms with Crippen LogP contribution < -0.4 is 0 Å². The van der Waals surface area contributed by atoms with Crippen LogP contribution in [0.5, 0.6) is 0 Å². The minimum Gasteiger partial charge on any atom is -0.308 e. The molecule has 10 rings (SSSR count). The Balaban J connectivity index is 1.31. The second-order valence-corrected chi connectivity index (χ2v) is 16.0. The SMILES string of the molecule is N#Cc1cc(C#N)cc(-c2ccc3c(c2)c2ccccc2n3-c2cc(-c3ccc(C(F)(F)F)cc3C(F)(F)F)cc(-n3c4ccccc4c4cc(-c5cc(C#N)cc(C#N)c5)ccc43)c2C#N)c1. The van der Waals surface area contributed by atoms with E-state index in [2.05, 4.69) is 30.3 Å². The first-order chi connectivity index (χ1) is 32.7. The Labute approximate surface area is 382 Å². The number of para-hydroxylation sites is 2. The highest BCUT2D eigenvalue weighted by atomic mass is 19.4. The lowest BCUT2D eigenvalue weighted by atomic mass is 9.94. The van der Waals surface area contributed by atoms with Crippen LogP contribution in [0.25, 0.3) is 88.4 Å². The molecule has 0 radical (unpaired) electrons. The third-order valence-corrected chi connectivity index (χ3v) is 12.0. The van der Waals surface area contributed by atoms with Crippen molar-refractivity contribution in [2.45, 2.75) is 12.4 Å². The van der Waals surface area contributed by atoms with Crippen molar-refractivity contribution in [2.75, 3.05) is 0 Å². The minimum absolute atomic E-state index is 0.0217. The van der Waals surface area contributed by atoms with Crippen molar-refractivity contribution in [2.24, 2.45) is 0 Å². The molecule has 2 aromatic heterocycles. The van der Waals surface area contributed by atoms with Crippen molar-refractivity contribution in [3.05, 3.63) is 191 Å². The largest absolute Gasteiger partial charge is 0.417 e. The summed E-state index contributed by atoms with van der Waals surface area (Å²) in [6.07, 6.45) is -10.3. The number of alkyl halides is 6. The van der Waals surface area contributed by atoms with Crippen molar-refractivity contribution < 1.29 is 26.3 Å². The molecule has 68 heavy (non-hydrogen) atoms. The van der Waals surface area contributed by atoms with E-state index in [4.69, 9.17) is 0 Å². The van der Waals surface area contributed by atoms with Crippen molar-refractivity contribution in [1.29, 1.82) is 26.3 Å². The van der Waals surface area contributed by atoms with Crippen LogP contribution in [0.4, 0.5) is 26.3 Å². The van der Waals surface area contributed by atoms with E-state index in [1.54, 1.807) is 94.1 Å². The van der Waals surface area contributed by atoms with Gasteiger partial charge in [-0.2, -0.15) is 52.7 Å². The first-order valence-electron chi connectivity index (χ1n) is 20.6. The van der Waals surface area contributed by atoms with Gasteiger partial charge in [0, 0.05) is 21.5 Å². The standard InChI is InChI=1S/C55H25F6N7/c56-54(57,58)40-11-12-41(47(25-40)55(59,60)61)39-23-52(67-48-7-3-1-5-42(48)44-21-35(9-13-50(44)67)37-17-31(26-62)15-32(18-37)27-63)46(30-66)53(24-39)68-49-8-4-2-6-43(49)45-22-36(10-14-51(45)68)38-19-33(28-64)16-34(20-38)29-65/h1-25H. The van der Waals surface area contributed by atoms with Crippen molar-refractivity contribution >= 4 is 43.6 Å². The molecule has 8 aromatic carbocycles. The Morgan fingerprint density at radius 1 is 0.353 bits per heavy atom. The Morgan fingerprint density at radius 3 is 1.18 bits per heavy atom. The van der Waals surface area contributed by atoms with E-state index >= 15 is 13.2 Å². The molecule has 0 saturated carbocycles. The van der Waals surface area contributed by atoms with Gasteiger partial charge < -0.3 is 9.13 Å². The molecule has 10 aromatic rings. The monoisotopic (exact) mass is 897 g/mol. The van der Waals surface area contributed by atoms with E-state index in [1.807, 2.05) is 24.3 Å². The highest BCUT2D eigenvalue weighted by molar-refractivity contribution is 6.12. The van der Waals surface area contributed by atoms with E-state index in [9.17, 15) is 39.5 Å². The van der Waals surface area contributed by atoms with Crippen LogP contribution in [0.3, 0.4) is 0 Å². The number of hydrogen-bond donors (Lipinski definition) is 0. The molecular formula is C55H25F6N7. The van der Waals surface area contributed by atoms with Crippen molar-refractivity contribution in [3.8, 4) is 75.1 Å². The molecule has 0 aliphatic rings. The van der Waals surface area contributed by atoms with Gasteiger partial charge in [-0.05, 0) is 130 Å². The fraction of sp³-hybridized carbons (Fsp3) is 0.0364. The molecule has 0 unspecified atom stereocenters. The van der Waals surface area contributed by atoms with Crippen molar-refractivity contribution in [1.82, 2.24) is 9.13 Å². The van der Waals surface area contributed by atoms with Gasteiger partial charge in [-0.3, -0.25) is 0 Å². The number of halogens is 6. The molecular weight excluding hydrogens is 873 g/mol. The molecule has 0 atom stereocenters. The van der Waals surface area contributed by atoms with Gasteiger partial charge in [0.15, 0.2) is 0 Å². The fourth-order valence-electron chi connectivity index (χ4n) is 9.11. The molecule has 0 bridgehead atoms. The van der Waals surface area contributed by atoms with Gasteiger partial charge in [-0.15, -0.1) is 0 Å². The number of nitriles is 5. The molecule has 0 amide bonds. The van der Waals surface area contributed by atoms with Gasteiger partial charge in [0.25, 0.3) is 0 Å². The lowest BCUT2D eigenvalue weighted by Gasteiger charge is -2.21. The first kappa shape index (κ1) is 42.3. The summed E-state index contributed by atoms with van der Waals surface area (Å²) >= 11 is 0. The topological polar surface area (TPSA) is 129 Å². The third-order valence-electron chi connectivity index (χ3n) is 12.0. The number of nitrogens with zero attached hydrogens (tertiary/aromatic N) is 7. The zero-order chi connectivity index (χ0) is 47.6. The van der Waals surface area contributed by atoms with E-state index in [0.717, 1.165) is 6.07 Å². The van der Waals surface area contributed by atoms with Gasteiger partial charge in [0.05, 0.1) is 91.1 Å². The third kappa shape index (κ3) is 6.98. The van der Waals surface area contributed by atoms with Crippen LogP contribution in [-0.4, -0.2) is 9.13 Å². The van der Waals surface area contributed by atoms with Crippen molar-refractivity contribution in [3.63, 3.8) is 0 Å². The second kappa shape index (κ2) is 15.8. The maximum absolute atomic E-state index is 15.1. The van der Waals surface area contributed by atoms with E-state index in [0.29, 0.717) is 71.9 Å². The van der Waals surface area contributed by atoms with Gasteiger partial charge in [0.2, 0.25) is 0 Å². The Hall–Kier alpha value is -9.61. The van der Waals surface area contributed by atoms with Crippen LogP contribution in [-0.2, 0) is 12.4 Å². The normalized spacial score (nSPS) is 11.6. The van der Waals surface area contributed by atoms with Crippen LogP contribution in [0.2, 0.25) is 0 Å². The lowest BCUT2D eigenvalue weighted by Crippen LogP contribution is -2.12. The average Bonchev–Trinajstić information content (AvgIpc) is 3.86. The summed E-state index contributed by atoms with van der Waals surface area (Å²) < 4.78 is 90.8. The lowest BCUT2D eigenvalue weighted by molar-refractivity contribution is -0.142. The van der Waals surface area contributed by atoms with Crippen LogP contribution in [0.1, 0.15) is 38.9 Å². The number of aromatic nitrogens is 2. The summed E-state index contributed by atoms with van der Waals surface area (Å²) in [5, 5.41) is 52.9. The number of benzene rings is 8. The minimum atomic E-state index is -5.24. The fourth-order valence-corrected chi connectivity index (χ4v) is 9.11. The van der Waals surface area contributed by atoms with E-state index in [-0.39, 0.29) is 50.8 Å². The maximum atomic E-state index is 15.1. The average molecular weight is 898 g/mol. The first-order valence-corrected chi connectivity index (χ1v) is 20.6. The summed E-state index contributed by atoms with van der Waals surface area (Å²) in [6.45, 7) is 0. The molecule has 0 spiro atoms. The highest BCUT2D eigenvalue weighted by Gasteiger charge is 2.39. The number of hydrogen-bond acceptors (Lipinski definition) is 5. The van der Waals surface area contributed by atoms with Crippen LogP contribution >= 0.6 is 0 Å². The molecule has 322 valence electrons. The van der Waals surface area contributed by atoms with Gasteiger partial charge in [-0.1, -0.05) is 54.6 Å². The zero-order valence-electron chi connectivity index (χ0n) is 34.8. The summed E-state index contributed by atoms with van der Waals surface area (Å²) in [7, 11) is 0. The Kier molecular flexibility index (Phi) is 9.85. The summed E-state index contributed by atoms with van der Waals surface area (Å²) in [5.74, 6) is 0. The Bertz CT molecular complexity index is 3750. The smallest absolute Gasteiger partial charge is 0.308 e. The molecule has 0 saturated heterocycles. The molecule has 0 aliphatic carbocycles. The number of rotatable bonds is 5. The summed E-state index contributed by atoms with van der Waals surface area (Å²) in [4.78, 5) is 0. The van der Waals surface area contributed by atoms with Gasteiger partial charge >= 0.3 is 12.4 Å². The molecule has 2 heterocycles. The summed E-state index contributed by atoms with van der Waals surface area (Å²) in [6, 6.07) is 49.6. The van der Waals surface area contributed by atoms with Gasteiger partial charge in [0.1, 0.15) is 11.6 Å². The molecule has 7 nitrogen and oxygen atoms in total. The molecule has 13 heteroatoms. The predicted octanol–water partition coefficient (Wildman–Crippen LogP) is 14.3. The highest BCUT2D eigenvalue weighted by Crippen LogP contribution is 2.45. The second-order valence-electron chi connectivity index (χ2n) is 16.0. The van der Waals surface area contributed by atoms with E-state index < -0.39 is 29.0 Å². The zero-order valence-corrected chi connectivity index (χ0v) is 34.8. The number of fused-ring (bicyclic) bond motifs is 6. The molecule has 0 aliphatic heterocycles. The molecule has 0 fully saturated rings. The quantitative estimate of drug-likeness (QED) is 0.159. The molecule has 0 N–H and O–H groups in total. The van der Waals surface area contributed by atoms with E-state index in [1.165, 1.54) is 24.3 Å². The predicted molar refractivity (Wildman–Crippen MR) is 245 cm³/mol. The van der Waals surface area contributed by atoms with Crippen LogP contribution in [0.15, 0.2) is 152 Å². The Morgan fingerprint density at radius 2 is 0.779 bits per heavy atom.